The van der Waals surface area contributed by atoms with E-state index in [1.54, 1.807) is 0 Å². The topological polar surface area (TPSA) is 64.6 Å². The second kappa shape index (κ2) is 6.51. The first-order valence-corrected chi connectivity index (χ1v) is 6.52. The van der Waals surface area contributed by atoms with Crippen LogP contribution < -0.4 is 10.1 Å². The minimum absolute atomic E-state index is 0.0546. The Kier molecular flexibility index (Phi) is 4.72. The van der Waals surface area contributed by atoms with E-state index in [0.29, 0.717) is 0 Å². The predicted molar refractivity (Wildman–Crippen MR) is 69.1 cm³/mol. The van der Waals surface area contributed by atoms with E-state index in [1.165, 1.54) is 31.2 Å². The third kappa shape index (κ3) is 4.70. The molecule has 1 aromatic carbocycles. The van der Waals surface area contributed by atoms with Crippen molar-refractivity contribution >= 4 is 11.9 Å². The van der Waals surface area contributed by atoms with Crippen molar-refractivity contribution in [3.8, 4) is 5.75 Å². The lowest BCUT2D eigenvalue weighted by Gasteiger charge is -2.13. The van der Waals surface area contributed by atoms with E-state index >= 15 is 0 Å². The van der Waals surface area contributed by atoms with Crippen LogP contribution in [0.5, 0.6) is 5.75 Å². The second-order valence-electron chi connectivity index (χ2n) is 4.73. The maximum absolute atomic E-state index is 12.0. The first-order chi connectivity index (χ1) is 9.95. The number of halogens is 2. The van der Waals surface area contributed by atoms with Gasteiger partial charge in [0, 0.05) is 6.04 Å². The van der Waals surface area contributed by atoms with Gasteiger partial charge in [0.15, 0.2) is 6.10 Å². The number of amides is 1. The highest BCUT2D eigenvalue weighted by Crippen LogP contribution is 2.19. The van der Waals surface area contributed by atoms with Crippen LogP contribution in [0.2, 0.25) is 0 Å². The van der Waals surface area contributed by atoms with Crippen LogP contribution in [0.3, 0.4) is 0 Å². The minimum atomic E-state index is -2.92. The molecule has 0 aromatic heterocycles. The van der Waals surface area contributed by atoms with Crippen molar-refractivity contribution in [1.29, 1.82) is 0 Å². The summed E-state index contributed by atoms with van der Waals surface area (Å²) >= 11 is 0. The van der Waals surface area contributed by atoms with Crippen LogP contribution in [-0.4, -0.2) is 30.6 Å². The summed E-state index contributed by atoms with van der Waals surface area (Å²) in [7, 11) is 0. The molecule has 0 bridgehead atoms. The fourth-order valence-corrected chi connectivity index (χ4v) is 1.60. The molecule has 1 fully saturated rings. The van der Waals surface area contributed by atoms with Gasteiger partial charge in [-0.05, 0) is 44.0 Å². The molecule has 1 atom stereocenters. The van der Waals surface area contributed by atoms with E-state index in [-0.39, 0.29) is 23.3 Å². The summed E-state index contributed by atoms with van der Waals surface area (Å²) in [5.41, 5.74) is 0.155. The lowest BCUT2D eigenvalue weighted by Crippen LogP contribution is -2.37. The van der Waals surface area contributed by atoms with Crippen LogP contribution in [-0.2, 0) is 9.53 Å². The normalized spacial score (nSPS) is 15.4. The largest absolute Gasteiger partial charge is 0.449 e. The highest BCUT2D eigenvalue weighted by Gasteiger charge is 2.27. The van der Waals surface area contributed by atoms with Gasteiger partial charge in [0.05, 0.1) is 5.56 Å². The van der Waals surface area contributed by atoms with Crippen LogP contribution in [0.25, 0.3) is 0 Å². The number of ether oxygens (including phenoxy) is 2. The molecule has 7 heteroatoms. The van der Waals surface area contributed by atoms with Crippen LogP contribution in [0.15, 0.2) is 24.3 Å². The molecule has 2 rings (SSSR count). The molecule has 0 unspecified atom stereocenters. The van der Waals surface area contributed by atoms with Gasteiger partial charge in [-0.1, -0.05) is 0 Å². The number of nitrogens with one attached hydrogen (secondary N) is 1. The van der Waals surface area contributed by atoms with Crippen LogP contribution in [0, 0.1) is 0 Å². The Labute approximate surface area is 120 Å². The highest BCUT2D eigenvalue weighted by atomic mass is 19.3. The monoisotopic (exact) mass is 299 g/mol. The molecule has 1 aliphatic rings. The molecule has 0 aliphatic heterocycles. The molecular weight excluding hydrogens is 284 g/mol. The molecule has 21 heavy (non-hydrogen) atoms. The van der Waals surface area contributed by atoms with Gasteiger partial charge in [0.25, 0.3) is 5.91 Å². The van der Waals surface area contributed by atoms with Crippen molar-refractivity contribution in [1.82, 2.24) is 5.32 Å². The fourth-order valence-electron chi connectivity index (χ4n) is 1.60. The Morgan fingerprint density at radius 3 is 2.38 bits per heavy atom. The number of carbonyl (C=O) groups is 2. The van der Waals surface area contributed by atoms with Crippen LogP contribution in [0.4, 0.5) is 8.78 Å². The van der Waals surface area contributed by atoms with E-state index in [4.69, 9.17) is 4.74 Å². The summed E-state index contributed by atoms with van der Waals surface area (Å²) in [5.74, 6) is -1.10. The zero-order valence-corrected chi connectivity index (χ0v) is 11.3. The van der Waals surface area contributed by atoms with Gasteiger partial charge in [-0.15, -0.1) is 0 Å². The molecule has 1 amide bonds. The summed E-state index contributed by atoms with van der Waals surface area (Å²) in [5, 5.41) is 2.72. The van der Waals surface area contributed by atoms with Gasteiger partial charge in [-0.25, -0.2) is 4.79 Å². The van der Waals surface area contributed by atoms with Gasteiger partial charge in [0.2, 0.25) is 0 Å². The van der Waals surface area contributed by atoms with Crippen LogP contribution in [0.1, 0.15) is 30.1 Å². The van der Waals surface area contributed by atoms with Gasteiger partial charge < -0.3 is 14.8 Å². The maximum atomic E-state index is 12.0. The van der Waals surface area contributed by atoms with Crippen molar-refractivity contribution < 1.29 is 27.8 Å². The third-order valence-corrected chi connectivity index (χ3v) is 2.89. The third-order valence-electron chi connectivity index (χ3n) is 2.89. The first kappa shape index (κ1) is 15.2. The summed E-state index contributed by atoms with van der Waals surface area (Å²) < 4.78 is 33.2. The Bertz CT molecular complexity index is 514. The van der Waals surface area contributed by atoms with Crippen molar-refractivity contribution in [3.63, 3.8) is 0 Å². The molecular formula is C14H15F2NO4. The van der Waals surface area contributed by atoms with Crippen LogP contribution >= 0.6 is 0 Å². The fraction of sp³-hybridized carbons (Fsp3) is 0.429. The molecule has 114 valence electrons. The summed E-state index contributed by atoms with van der Waals surface area (Å²) in [6.07, 6.45) is 0.978. The average molecular weight is 299 g/mol. The summed E-state index contributed by atoms with van der Waals surface area (Å²) in [6.45, 7) is -1.45. The first-order valence-electron chi connectivity index (χ1n) is 6.52. The number of carbonyl (C=O) groups excluding carboxylic acids is 2. The number of hydrogen-bond acceptors (Lipinski definition) is 4. The molecule has 1 saturated carbocycles. The summed E-state index contributed by atoms with van der Waals surface area (Å²) in [4.78, 5) is 23.4. The van der Waals surface area contributed by atoms with Crippen molar-refractivity contribution in [2.75, 3.05) is 0 Å². The average Bonchev–Trinajstić information content (AvgIpc) is 3.22. The Morgan fingerprint density at radius 2 is 1.86 bits per heavy atom. The quantitative estimate of drug-likeness (QED) is 0.817. The van der Waals surface area contributed by atoms with Gasteiger partial charge in [-0.3, -0.25) is 4.79 Å². The van der Waals surface area contributed by atoms with Gasteiger partial charge >= 0.3 is 12.6 Å². The zero-order chi connectivity index (χ0) is 15.4. The molecule has 0 heterocycles. The van der Waals surface area contributed by atoms with E-state index in [1.807, 2.05) is 0 Å². The van der Waals surface area contributed by atoms with Crippen molar-refractivity contribution in [3.05, 3.63) is 29.8 Å². The standard InChI is InChI=1S/C14H15F2NO4/c1-8(12(18)17-10-4-5-10)20-13(19)9-2-6-11(7-3-9)21-14(15)16/h2-3,6-8,10,14H,4-5H2,1H3,(H,17,18)/t8-/m0/s1. The number of hydrogen-bond donors (Lipinski definition) is 1. The van der Waals surface area contributed by atoms with Crippen molar-refractivity contribution in [2.45, 2.75) is 38.5 Å². The number of benzene rings is 1. The summed E-state index contributed by atoms with van der Waals surface area (Å²) in [6, 6.07) is 5.25. The van der Waals surface area contributed by atoms with Crippen molar-refractivity contribution in [2.24, 2.45) is 0 Å². The van der Waals surface area contributed by atoms with Gasteiger partial charge in [0.1, 0.15) is 5.75 Å². The molecule has 5 nitrogen and oxygen atoms in total. The Hall–Kier alpha value is -2.18. The number of rotatable bonds is 6. The number of alkyl halides is 2. The van der Waals surface area contributed by atoms with E-state index in [0.717, 1.165) is 12.8 Å². The molecule has 0 saturated heterocycles. The molecule has 1 N–H and O–H groups in total. The highest BCUT2D eigenvalue weighted by molar-refractivity contribution is 5.92. The van der Waals surface area contributed by atoms with E-state index in [2.05, 4.69) is 10.1 Å². The molecule has 0 radical (unpaired) electrons. The molecule has 1 aromatic rings. The lowest BCUT2D eigenvalue weighted by atomic mass is 10.2. The smallest absolute Gasteiger partial charge is 0.387 e. The Balaban J connectivity index is 1.88. The molecule has 0 spiro atoms. The van der Waals surface area contributed by atoms with Gasteiger partial charge in [-0.2, -0.15) is 8.78 Å². The second-order valence-corrected chi connectivity index (χ2v) is 4.73. The van der Waals surface area contributed by atoms with E-state index < -0.39 is 18.7 Å². The SMILES string of the molecule is C[C@H](OC(=O)c1ccc(OC(F)F)cc1)C(=O)NC1CC1. The minimum Gasteiger partial charge on any atom is -0.449 e. The van der Waals surface area contributed by atoms with E-state index in [9.17, 15) is 18.4 Å². The lowest BCUT2D eigenvalue weighted by molar-refractivity contribution is -0.129. The maximum Gasteiger partial charge on any atom is 0.387 e. The zero-order valence-electron chi connectivity index (χ0n) is 11.3. The molecule has 1 aliphatic carbocycles. The number of esters is 1. The predicted octanol–water partition coefficient (Wildman–Crippen LogP) is 2.11. The Morgan fingerprint density at radius 1 is 1.24 bits per heavy atom.